The minimum Gasteiger partial charge on any atom is -0.382 e. The van der Waals surface area contributed by atoms with Gasteiger partial charge in [0.2, 0.25) is 0 Å². The van der Waals surface area contributed by atoms with Crippen molar-refractivity contribution >= 4 is 6.29 Å². The molecule has 1 saturated carbocycles. The van der Waals surface area contributed by atoms with Crippen molar-refractivity contribution in [3.63, 3.8) is 0 Å². The molecular formula is C5H8O2. The van der Waals surface area contributed by atoms with Crippen LogP contribution in [0.25, 0.3) is 0 Å². The van der Waals surface area contributed by atoms with Gasteiger partial charge in [-0.3, -0.25) is 0 Å². The van der Waals surface area contributed by atoms with E-state index in [9.17, 15) is 4.79 Å². The number of hydrogen-bond donors (Lipinski definition) is 1. The monoisotopic (exact) mass is 100 g/mol. The Kier molecular flexibility index (Phi) is 0.889. The van der Waals surface area contributed by atoms with E-state index < -0.39 is 5.60 Å². The Hall–Kier alpha value is -0.370. The maximum Gasteiger partial charge on any atom is 0.151 e. The number of aliphatic hydroxyl groups is 1. The van der Waals surface area contributed by atoms with E-state index in [1.165, 1.54) is 0 Å². The summed E-state index contributed by atoms with van der Waals surface area (Å²) >= 11 is 0. The summed E-state index contributed by atoms with van der Waals surface area (Å²) in [5.74, 6) is 0. The van der Waals surface area contributed by atoms with E-state index >= 15 is 0 Å². The van der Waals surface area contributed by atoms with Crippen molar-refractivity contribution in [2.75, 3.05) is 0 Å². The molecule has 40 valence electrons. The number of aldehydes is 1. The Morgan fingerprint density at radius 3 is 2.14 bits per heavy atom. The van der Waals surface area contributed by atoms with E-state index in [2.05, 4.69) is 0 Å². The van der Waals surface area contributed by atoms with Gasteiger partial charge >= 0.3 is 0 Å². The molecule has 1 N–H and O–H groups in total. The normalized spacial score (nSPS) is 25.9. The average molecular weight is 100 g/mol. The SMILES string of the molecule is O=CC1(O)CCC1. The summed E-state index contributed by atoms with van der Waals surface area (Å²) in [6.07, 6.45) is 2.96. The van der Waals surface area contributed by atoms with Crippen molar-refractivity contribution in [3.8, 4) is 0 Å². The van der Waals surface area contributed by atoms with Gasteiger partial charge in [0.05, 0.1) is 0 Å². The maximum absolute atomic E-state index is 9.86. The summed E-state index contributed by atoms with van der Waals surface area (Å²) in [5.41, 5.74) is -0.917. The zero-order chi connectivity index (χ0) is 5.33. The minimum atomic E-state index is -0.917. The fourth-order valence-corrected chi connectivity index (χ4v) is 0.657. The van der Waals surface area contributed by atoms with E-state index in [4.69, 9.17) is 5.11 Å². The lowest BCUT2D eigenvalue weighted by molar-refractivity contribution is -0.131. The second-order valence-electron chi connectivity index (χ2n) is 2.07. The lowest BCUT2D eigenvalue weighted by Crippen LogP contribution is -2.37. The van der Waals surface area contributed by atoms with Crippen molar-refractivity contribution < 1.29 is 9.90 Å². The first-order valence-electron chi connectivity index (χ1n) is 2.46. The summed E-state index contributed by atoms with van der Waals surface area (Å²) in [6.45, 7) is 0. The number of carbonyl (C=O) groups is 1. The van der Waals surface area contributed by atoms with Crippen LogP contribution in [0.3, 0.4) is 0 Å². The van der Waals surface area contributed by atoms with E-state index in [0.717, 1.165) is 6.42 Å². The first-order chi connectivity index (χ1) is 3.27. The molecule has 0 aliphatic heterocycles. The lowest BCUT2D eigenvalue weighted by Gasteiger charge is -2.30. The largest absolute Gasteiger partial charge is 0.382 e. The zero-order valence-corrected chi connectivity index (χ0v) is 4.05. The van der Waals surface area contributed by atoms with E-state index in [1.807, 2.05) is 0 Å². The van der Waals surface area contributed by atoms with Crippen molar-refractivity contribution in [1.82, 2.24) is 0 Å². The Labute approximate surface area is 42.1 Å². The molecule has 0 unspecified atom stereocenters. The summed E-state index contributed by atoms with van der Waals surface area (Å²) in [6, 6.07) is 0. The predicted molar refractivity (Wildman–Crippen MR) is 24.9 cm³/mol. The molecule has 2 nitrogen and oxygen atoms in total. The van der Waals surface area contributed by atoms with Gasteiger partial charge in [-0.15, -0.1) is 0 Å². The van der Waals surface area contributed by atoms with Gasteiger partial charge in [0.15, 0.2) is 6.29 Å². The van der Waals surface area contributed by atoms with Gasteiger partial charge in [0, 0.05) is 0 Å². The van der Waals surface area contributed by atoms with Gasteiger partial charge in [-0.1, -0.05) is 0 Å². The lowest BCUT2D eigenvalue weighted by atomic mass is 9.82. The van der Waals surface area contributed by atoms with Crippen molar-refractivity contribution in [3.05, 3.63) is 0 Å². The van der Waals surface area contributed by atoms with Crippen molar-refractivity contribution in [1.29, 1.82) is 0 Å². The third-order valence-corrected chi connectivity index (χ3v) is 1.44. The van der Waals surface area contributed by atoms with E-state index in [1.54, 1.807) is 0 Å². The van der Waals surface area contributed by atoms with Crippen LogP contribution in [-0.4, -0.2) is 17.0 Å². The fourth-order valence-electron chi connectivity index (χ4n) is 0.657. The van der Waals surface area contributed by atoms with Crippen molar-refractivity contribution in [2.45, 2.75) is 24.9 Å². The molecular weight excluding hydrogens is 92.1 g/mol. The van der Waals surface area contributed by atoms with Crippen LogP contribution < -0.4 is 0 Å². The molecule has 0 atom stereocenters. The highest BCUT2D eigenvalue weighted by atomic mass is 16.3. The first kappa shape index (κ1) is 4.78. The molecule has 0 aromatic heterocycles. The number of rotatable bonds is 1. The summed E-state index contributed by atoms with van der Waals surface area (Å²) in [7, 11) is 0. The highest BCUT2D eigenvalue weighted by Gasteiger charge is 2.33. The molecule has 0 saturated heterocycles. The molecule has 0 radical (unpaired) electrons. The molecule has 0 amide bonds. The molecule has 1 rings (SSSR count). The average Bonchev–Trinajstić information content (AvgIpc) is 1.61. The van der Waals surface area contributed by atoms with Crippen LogP contribution in [0.5, 0.6) is 0 Å². The van der Waals surface area contributed by atoms with Gasteiger partial charge in [-0.05, 0) is 19.3 Å². The van der Waals surface area contributed by atoms with E-state index in [-0.39, 0.29) is 0 Å². The van der Waals surface area contributed by atoms with Gasteiger partial charge in [0.25, 0.3) is 0 Å². The number of hydrogen-bond acceptors (Lipinski definition) is 2. The topological polar surface area (TPSA) is 37.3 Å². The van der Waals surface area contributed by atoms with Crippen LogP contribution in [0.15, 0.2) is 0 Å². The molecule has 1 fully saturated rings. The van der Waals surface area contributed by atoms with Crippen LogP contribution in [0.4, 0.5) is 0 Å². The van der Waals surface area contributed by atoms with E-state index in [0.29, 0.717) is 19.1 Å². The Balaban J connectivity index is 2.43. The predicted octanol–water partition coefficient (Wildman–Crippen LogP) is 0.100. The fraction of sp³-hybridized carbons (Fsp3) is 0.800. The minimum absolute atomic E-state index is 0.635. The van der Waals surface area contributed by atoms with Crippen LogP contribution >= 0.6 is 0 Å². The second kappa shape index (κ2) is 1.30. The van der Waals surface area contributed by atoms with Crippen LogP contribution in [0, 0.1) is 0 Å². The Bertz CT molecular complexity index is 84.1. The summed E-state index contributed by atoms with van der Waals surface area (Å²) < 4.78 is 0. The molecule has 0 bridgehead atoms. The highest BCUT2D eigenvalue weighted by Crippen LogP contribution is 2.28. The highest BCUT2D eigenvalue weighted by molar-refractivity contribution is 5.63. The summed E-state index contributed by atoms with van der Waals surface area (Å²) in [5, 5.41) is 8.85. The third kappa shape index (κ3) is 0.657. The molecule has 0 heterocycles. The second-order valence-corrected chi connectivity index (χ2v) is 2.07. The molecule has 0 aromatic rings. The third-order valence-electron chi connectivity index (χ3n) is 1.44. The van der Waals surface area contributed by atoms with Crippen LogP contribution in [-0.2, 0) is 4.79 Å². The maximum atomic E-state index is 9.86. The standard InChI is InChI=1S/C5H8O2/c6-4-5(7)2-1-3-5/h4,7H,1-3H2. The van der Waals surface area contributed by atoms with Gasteiger partial charge in [-0.25, -0.2) is 0 Å². The smallest absolute Gasteiger partial charge is 0.151 e. The molecule has 7 heavy (non-hydrogen) atoms. The van der Waals surface area contributed by atoms with Crippen LogP contribution in [0.2, 0.25) is 0 Å². The van der Waals surface area contributed by atoms with Gasteiger partial charge < -0.3 is 9.90 Å². The van der Waals surface area contributed by atoms with Gasteiger partial charge in [0.1, 0.15) is 5.60 Å². The molecule has 1 aliphatic rings. The quantitative estimate of drug-likeness (QED) is 0.474. The Morgan fingerprint density at radius 2 is 2.14 bits per heavy atom. The molecule has 0 spiro atoms. The molecule has 1 aliphatic carbocycles. The first-order valence-corrected chi connectivity index (χ1v) is 2.46. The van der Waals surface area contributed by atoms with Crippen LogP contribution in [0.1, 0.15) is 19.3 Å². The zero-order valence-electron chi connectivity index (χ0n) is 4.05. The molecule has 2 heteroatoms. The van der Waals surface area contributed by atoms with Gasteiger partial charge in [-0.2, -0.15) is 0 Å². The Morgan fingerprint density at radius 1 is 1.57 bits per heavy atom. The summed E-state index contributed by atoms with van der Waals surface area (Å²) in [4.78, 5) is 9.86. The number of carbonyl (C=O) groups excluding carboxylic acids is 1. The molecule has 0 aromatic carbocycles. The van der Waals surface area contributed by atoms with Crippen molar-refractivity contribution in [2.24, 2.45) is 0 Å².